The van der Waals surface area contributed by atoms with E-state index < -0.39 is 0 Å². The van der Waals surface area contributed by atoms with Crippen LogP contribution in [0.25, 0.3) is 22.2 Å². The fourth-order valence-corrected chi connectivity index (χ4v) is 3.75. The molecule has 2 heterocycles. The van der Waals surface area contributed by atoms with E-state index in [2.05, 4.69) is 10.4 Å². The van der Waals surface area contributed by atoms with Crippen molar-refractivity contribution in [3.05, 3.63) is 48.3 Å². The number of aryl methyl sites for hydroxylation is 1. The molecule has 1 aliphatic rings. The molecule has 0 bridgehead atoms. The number of pyridine rings is 1. The number of aromatic nitrogens is 3. The standard InChI is InChI=1S/C21H24N4O/c1-25-14-15(13-22-25)20-12-18(17-10-6-7-11-19(17)24-20)21(26)23-16-8-4-2-3-5-9-16/h6-7,10-14,16H,2-5,8-9H2,1H3,(H,23,26). The second-order valence-electron chi connectivity index (χ2n) is 7.14. The number of rotatable bonds is 3. The van der Waals surface area contributed by atoms with Crippen molar-refractivity contribution in [2.24, 2.45) is 7.05 Å². The number of benzene rings is 1. The van der Waals surface area contributed by atoms with Crippen molar-refractivity contribution >= 4 is 16.8 Å². The average Bonchev–Trinajstić information content (AvgIpc) is 2.93. The van der Waals surface area contributed by atoms with Crippen LogP contribution in [-0.4, -0.2) is 26.7 Å². The van der Waals surface area contributed by atoms with Crippen LogP contribution in [0.4, 0.5) is 0 Å². The second-order valence-corrected chi connectivity index (χ2v) is 7.14. The lowest BCUT2D eigenvalue weighted by atomic mass is 10.0. The lowest BCUT2D eigenvalue weighted by Crippen LogP contribution is -2.34. The smallest absolute Gasteiger partial charge is 0.252 e. The van der Waals surface area contributed by atoms with Gasteiger partial charge in [0.15, 0.2) is 0 Å². The van der Waals surface area contributed by atoms with Gasteiger partial charge in [-0.3, -0.25) is 9.48 Å². The first-order valence-electron chi connectivity index (χ1n) is 9.40. The van der Waals surface area contributed by atoms with Gasteiger partial charge in [0.05, 0.1) is 23.0 Å². The summed E-state index contributed by atoms with van der Waals surface area (Å²) in [7, 11) is 1.88. The van der Waals surface area contributed by atoms with E-state index in [4.69, 9.17) is 4.98 Å². The van der Waals surface area contributed by atoms with Crippen molar-refractivity contribution in [3.63, 3.8) is 0 Å². The van der Waals surface area contributed by atoms with Crippen molar-refractivity contribution < 1.29 is 4.79 Å². The van der Waals surface area contributed by atoms with Crippen LogP contribution in [0, 0.1) is 0 Å². The molecule has 0 atom stereocenters. The summed E-state index contributed by atoms with van der Waals surface area (Å²) >= 11 is 0. The Morgan fingerprint density at radius 3 is 2.65 bits per heavy atom. The first kappa shape index (κ1) is 16.8. The quantitative estimate of drug-likeness (QED) is 0.725. The summed E-state index contributed by atoms with van der Waals surface area (Å²) in [6.45, 7) is 0. The van der Waals surface area contributed by atoms with Gasteiger partial charge in [0, 0.05) is 30.2 Å². The van der Waals surface area contributed by atoms with Crippen LogP contribution in [-0.2, 0) is 7.05 Å². The number of nitrogens with zero attached hydrogens (tertiary/aromatic N) is 3. The third kappa shape index (κ3) is 3.47. The lowest BCUT2D eigenvalue weighted by Gasteiger charge is -2.17. The van der Waals surface area contributed by atoms with Gasteiger partial charge in [-0.05, 0) is 25.0 Å². The minimum absolute atomic E-state index is 0.000593. The highest BCUT2D eigenvalue weighted by Crippen LogP contribution is 2.25. The van der Waals surface area contributed by atoms with Crippen LogP contribution < -0.4 is 5.32 Å². The molecule has 1 aromatic carbocycles. The zero-order valence-electron chi connectivity index (χ0n) is 15.1. The van der Waals surface area contributed by atoms with Crippen LogP contribution in [0.15, 0.2) is 42.7 Å². The van der Waals surface area contributed by atoms with E-state index in [-0.39, 0.29) is 11.9 Å². The van der Waals surface area contributed by atoms with E-state index in [1.165, 1.54) is 25.7 Å². The maximum atomic E-state index is 13.1. The number of amides is 1. The zero-order valence-corrected chi connectivity index (χ0v) is 15.1. The summed E-state index contributed by atoms with van der Waals surface area (Å²) in [5.74, 6) is 0.000593. The Morgan fingerprint density at radius 1 is 1.15 bits per heavy atom. The van der Waals surface area contributed by atoms with Crippen molar-refractivity contribution in [2.45, 2.75) is 44.6 Å². The van der Waals surface area contributed by atoms with Gasteiger partial charge >= 0.3 is 0 Å². The Bertz CT molecular complexity index is 923. The van der Waals surface area contributed by atoms with Crippen molar-refractivity contribution in [2.75, 3.05) is 0 Å². The minimum Gasteiger partial charge on any atom is -0.349 e. The van der Waals surface area contributed by atoms with Gasteiger partial charge in [0.25, 0.3) is 5.91 Å². The van der Waals surface area contributed by atoms with E-state index in [9.17, 15) is 4.79 Å². The molecule has 0 aliphatic heterocycles. The molecule has 1 saturated carbocycles. The highest BCUT2D eigenvalue weighted by molar-refractivity contribution is 6.07. The van der Waals surface area contributed by atoms with E-state index in [1.54, 1.807) is 10.9 Å². The molecular weight excluding hydrogens is 324 g/mol. The molecule has 1 amide bonds. The second kappa shape index (κ2) is 7.28. The molecule has 2 aromatic heterocycles. The maximum absolute atomic E-state index is 13.1. The highest BCUT2D eigenvalue weighted by Gasteiger charge is 2.19. The monoisotopic (exact) mass is 348 g/mol. The number of hydrogen-bond donors (Lipinski definition) is 1. The fourth-order valence-electron chi connectivity index (χ4n) is 3.75. The van der Waals surface area contributed by atoms with E-state index in [0.717, 1.165) is 35.0 Å². The summed E-state index contributed by atoms with van der Waals surface area (Å²) in [4.78, 5) is 17.8. The summed E-state index contributed by atoms with van der Waals surface area (Å²) in [6.07, 6.45) is 10.8. The fraction of sp³-hybridized carbons (Fsp3) is 0.381. The van der Waals surface area contributed by atoms with Crippen LogP contribution >= 0.6 is 0 Å². The van der Waals surface area contributed by atoms with E-state index >= 15 is 0 Å². The van der Waals surface area contributed by atoms with Gasteiger partial charge in [-0.25, -0.2) is 4.98 Å². The molecule has 5 heteroatoms. The van der Waals surface area contributed by atoms with Crippen molar-refractivity contribution in [1.29, 1.82) is 0 Å². The van der Waals surface area contributed by atoms with Crippen LogP contribution in [0.2, 0.25) is 0 Å². The van der Waals surface area contributed by atoms with Gasteiger partial charge in [-0.2, -0.15) is 5.10 Å². The number of hydrogen-bond acceptors (Lipinski definition) is 3. The zero-order chi connectivity index (χ0) is 17.9. The molecule has 0 saturated heterocycles. The lowest BCUT2D eigenvalue weighted by molar-refractivity contribution is 0.0935. The molecule has 0 spiro atoms. The molecular formula is C21H24N4O. The van der Waals surface area contributed by atoms with Crippen LogP contribution in [0.5, 0.6) is 0 Å². The first-order valence-corrected chi connectivity index (χ1v) is 9.40. The maximum Gasteiger partial charge on any atom is 0.252 e. The van der Waals surface area contributed by atoms with Crippen LogP contribution in [0.3, 0.4) is 0 Å². The van der Waals surface area contributed by atoms with Crippen LogP contribution in [0.1, 0.15) is 48.9 Å². The third-order valence-corrected chi connectivity index (χ3v) is 5.15. The molecule has 1 fully saturated rings. The number of carbonyl (C=O) groups is 1. The van der Waals surface area contributed by atoms with Crippen molar-refractivity contribution in [1.82, 2.24) is 20.1 Å². The summed E-state index contributed by atoms with van der Waals surface area (Å²) in [5.41, 5.74) is 3.23. The van der Waals surface area contributed by atoms with E-state index in [0.29, 0.717) is 5.56 Å². The Hall–Kier alpha value is -2.69. The Balaban J connectivity index is 1.71. The molecule has 0 radical (unpaired) electrons. The average molecular weight is 348 g/mol. The van der Waals surface area contributed by atoms with Gasteiger partial charge in [0.1, 0.15) is 0 Å². The summed E-state index contributed by atoms with van der Waals surface area (Å²) in [5, 5.41) is 8.39. The largest absolute Gasteiger partial charge is 0.349 e. The topological polar surface area (TPSA) is 59.8 Å². The normalized spacial score (nSPS) is 15.7. The number of fused-ring (bicyclic) bond motifs is 1. The molecule has 134 valence electrons. The summed E-state index contributed by atoms with van der Waals surface area (Å²) in [6, 6.07) is 10.0. The Kier molecular flexibility index (Phi) is 4.69. The molecule has 1 N–H and O–H groups in total. The predicted octanol–water partition coefficient (Wildman–Crippen LogP) is 4.09. The number of carbonyl (C=O) groups excluding carboxylic acids is 1. The molecule has 0 unspecified atom stereocenters. The number of para-hydroxylation sites is 1. The Labute approximate surface area is 153 Å². The van der Waals surface area contributed by atoms with Gasteiger partial charge in [0.2, 0.25) is 0 Å². The predicted molar refractivity (Wildman–Crippen MR) is 103 cm³/mol. The third-order valence-electron chi connectivity index (χ3n) is 5.15. The minimum atomic E-state index is 0.000593. The van der Waals surface area contributed by atoms with Crippen molar-refractivity contribution in [3.8, 4) is 11.3 Å². The van der Waals surface area contributed by atoms with E-state index in [1.807, 2.05) is 43.6 Å². The molecule has 1 aliphatic carbocycles. The SMILES string of the molecule is Cn1cc(-c2cc(C(=O)NC3CCCCCC3)c3ccccc3n2)cn1. The molecule has 5 nitrogen and oxygen atoms in total. The first-order chi connectivity index (χ1) is 12.7. The molecule has 3 aromatic rings. The summed E-state index contributed by atoms with van der Waals surface area (Å²) < 4.78 is 1.75. The van der Waals surface area contributed by atoms with Gasteiger partial charge < -0.3 is 5.32 Å². The molecule has 26 heavy (non-hydrogen) atoms. The van der Waals surface area contributed by atoms with Gasteiger partial charge in [-0.1, -0.05) is 43.9 Å². The highest BCUT2D eigenvalue weighted by atomic mass is 16.1. The Morgan fingerprint density at radius 2 is 1.92 bits per heavy atom. The van der Waals surface area contributed by atoms with Gasteiger partial charge in [-0.15, -0.1) is 0 Å². The molecule has 4 rings (SSSR count). The number of nitrogens with one attached hydrogen (secondary N) is 1.